The highest BCUT2D eigenvalue weighted by Crippen LogP contribution is 2.62. The second-order valence-electron chi connectivity index (χ2n) is 10.3. The maximum atomic E-state index is 12.4. The molecule has 0 bridgehead atoms. The number of rotatable bonds is 4. The van der Waals surface area contributed by atoms with E-state index in [4.69, 9.17) is 48.7 Å². The van der Waals surface area contributed by atoms with Crippen molar-refractivity contribution in [1.82, 2.24) is 0 Å². The molecule has 3 fully saturated rings. The molecule has 0 unspecified atom stereocenters. The highest BCUT2D eigenvalue weighted by Gasteiger charge is 2.58. The molecular weight excluding hydrogens is 487 g/mol. The van der Waals surface area contributed by atoms with Crippen LogP contribution in [0, 0.1) is 29.1 Å². The first-order valence-electron chi connectivity index (χ1n) is 11.9. The summed E-state index contributed by atoms with van der Waals surface area (Å²) in [6.07, 6.45) is 9.64. The Balaban J connectivity index is 1.32. The van der Waals surface area contributed by atoms with E-state index >= 15 is 0 Å². The lowest BCUT2D eigenvalue weighted by Crippen LogP contribution is -2.49. The van der Waals surface area contributed by atoms with Gasteiger partial charge in [0.1, 0.15) is 0 Å². The summed E-state index contributed by atoms with van der Waals surface area (Å²) < 4.78 is 14.9. The Hall–Kier alpha value is -1.01. The summed E-state index contributed by atoms with van der Waals surface area (Å²) in [6.45, 7) is 2.28. The molecule has 4 aliphatic carbocycles. The molecule has 33 heavy (non-hydrogen) atoms. The summed E-state index contributed by atoms with van der Waals surface area (Å²) in [7, 11) is 0. The van der Waals surface area contributed by atoms with Gasteiger partial charge in [0.15, 0.2) is 5.78 Å². The van der Waals surface area contributed by atoms with E-state index in [1.807, 2.05) is 6.08 Å². The Morgan fingerprint density at radius 2 is 1.97 bits per heavy atom. The first-order chi connectivity index (χ1) is 15.7. The predicted molar refractivity (Wildman–Crippen MR) is 125 cm³/mol. The Morgan fingerprint density at radius 3 is 2.70 bits per heavy atom. The topological polar surface area (TPSA) is 65.7 Å². The smallest absolute Gasteiger partial charge is 0.376 e. The zero-order valence-electron chi connectivity index (χ0n) is 18.6. The van der Waals surface area contributed by atoms with E-state index in [2.05, 4.69) is 6.92 Å². The van der Waals surface area contributed by atoms with Crippen LogP contribution < -0.4 is 0 Å². The number of carbonyl (C=O) groups is 2. The second-order valence-corrected chi connectivity index (χ2v) is 12.7. The highest BCUT2D eigenvalue weighted by atomic mass is 35.6. The second kappa shape index (κ2) is 8.89. The van der Waals surface area contributed by atoms with Gasteiger partial charge < -0.3 is 13.9 Å². The number of halogens is 3. The van der Waals surface area contributed by atoms with Crippen LogP contribution in [0.5, 0.6) is 0 Å². The molecule has 8 heteroatoms. The van der Waals surface area contributed by atoms with Crippen LogP contribution in [0.2, 0.25) is 0 Å². The van der Waals surface area contributed by atoms with Crippen molar-refractivity contribution < 1.29 is 23.5 Å². The first-order valence-corrected chi connectivity index (χ1v) is 13.0. The van der Waals surface area contributed by atoms with Crippen LogP contribution in [-0.4, -0.2) is 27.9 Å². The van der Waals surface area contributed by atoms with Gasteiger partial charge in [0.05, 0.1) is 12.4 Å². The fraction of sp³-hybridized carbons (Fsp3) is 0.680. The van der Waals surface area contributed by atoms with Gasteiger partial charge in [-0.2, -0.15) is 0 Å². The number of furan rings is 1. The third kappa shape index (κ3) is 4.39. The summed E-state index contributed by atoms with van der Waals surface area (Å²) in [5.74, 6) is 1.91. The van der Waals surface area contributed by atoms with Crippen molar-refractivity contribution >= 4 is 46.6 Å². The van der Waals surface area contributed by atoms with Crippen molar-refractivity contribution in [1.29, 1.82) is 0 Å². The number of alkyl halides is 3. The minimum absolute atomic E-state index is 0.0332. The van der Waals surface area contributed by atoms with Gasteiger partial charge in [0, 0.05) is 6.42 Å². The lowest BCUT2D eigenvalue weighted by Gasteiger charge is -2.54. The molecule has 1 aromatic rings. The zero-order chi connectivity index (χ0) is 23.4. The van der Waals surface area contributed by atoms with Crippen LogP contribution in [-0.2, 0) is 14.3 Å². The van der Waals surface area contributed by atoms with E-state index in [1.165, 1.54) is 17.9 Å². The summed E-state index contributed by atoms with van der Waals surface area (Å²) in [5, 5.41) is 0. The lowest BCUT2D eigenvalue weighted by molar-refractivity contribution is -0.178. The molecule has 0 aromatic carbocycles. The maximum Gasteiger partial charge on any atom is 0.376 e. The van der Waals surface area contributed by atoms with Crippen LogP contribution in [0.3, 0.4) is 0 Å². The molecule has 0 amide bonds. The van der Waals surface area contributed by atoms with E-state index in [0.717, 1.165) is 44.9 Å². The van der Waals surface area contributed by atoms with E-state index in [9.17, 15) is 9.59 Å². The van der Waals surface area contributed by atoms with E-state index in [0.29, 0.717) is 30.1 Å². The van der Waals surface area contributed by atoms with Crippen molar-refractivity contribution in [3.8, 4) is 0 Å². The first kappa shape index (κ1) is 23.7. The molecule has 4 aliphatic rings. The number of ketones is 1. The normalized spacial score (nSPS) is 36.9. The van der Waals surface area contributed by atoms with E-state index < -0.39 is 16.1 Å². The van der Waals surface area contributed by atoms with Crippen molar-refractivity contribution in [3.05, 3.63) is 35.8 Å². The fourth-order valence-electron chi connectivity index (χ4n) is 7.23. The number of hydrogen-bond acceptors (Lipinski definition) is 5. The van der Waals surface area contributed by atoms with Crippen molar-refractivity contribution in [2.75, 3.05) is 0 Å². The summed E-state index contributed by atoms with van der Waals surface area (Å²) >= 11 is 18.5. The molecule has 7 atom stereocenters. The Morgan fingerprint density at radius 1 is 1.15 bits per heavy atom. The van der Waals surface area contributed by atoms with Crippen LogP contribution in [0.25, 0.3) is 0 Å². The summed E-state index contributed by atoms with van der Waals surface area (Å²) in [6, 6.07) is 3.09. The Kier molecular flexibility index (Phi) is 6.39. The van der Waals surface area contributed by atoms with Gasteiger partial charge >= 0.3 is 5.97 Å². The molecule has 0 spiro atoms. The number of carbonyl (C=O) groups excluding carboxylic acids is 2. The largest absolute Gasteiger partial charge is 0.457 e. The molecule has 0 N–H and O–H groups in total. The summed E-state index contributed by atoms with van der Waals surface area (Å²) in [5.41, 5.74) is 1.31. The zero-order valence-corrected chi connectivity index (χ0v) is 20.9. The standard InChI is InChI=1S/C25H29Cl3O5/c1-24-11-10-17-16-7-5-15(29)13-14(16)4-6-18(17)19(24)8-9-21(24)32-23(25(26,27)28)33-22(30)20-3-2-12-31-20/h2-3,12-13,16-19,21,23H,4-11H2,1H3/t16-,17-,18+,19+,21+,23+,24+/m1/s1. The third-order valence-electron chi connectivity index (χ3n) is 8.70. The van der Waals surface area contributed by atoms with Crippen molar-refractivity contribution in [2.45, 2.75) is 74.5 Å². The molecule has 1 aromatic heterocycles. The van der Waals surface area contributed by atoms with Gasteiger partial charge in [-0.15, -0.1) is 0 Å². The van der Waals surface area contributed by atoms with Gasteiger partial charge in [-0.25, -0.2) is 4.79 Å². The quantitative estimate of drug-likeness (QED) is 0.255. The molecule has 180 valence electrons. The number of hydrogen-bond donors (Lipinski definition) is 0. The van der Waals surface area contributed by atoms with Crippen LogP contribution in [0.15, 0.2) is 34.5 Å². The molecule has 3 saturated carbocycles. The van der Waals surface area contributed by atoms with Crippen LogP contribution in [0.4, 0.5) is 0 Å². The number of allylic oxidation sites excluding steroid dienone is 1. The van der Waals surface area contributed by atoms with Crippen LogP contribution >= 0.6 is 34.8 Å². The van der Waals surface area contributed by atoms with Crippen LogP contribution in [0.1, 0.15) is 68.8 Å². The highest BCUT2D eigenvalue weighted by molar-refractivity contribution is 6.68. The van der Waals surface area contributed by atoms with Crippen molar-refractivity contribution in [3.63, 3.8) is 0 Å². The monoisotopic (exact) mass is 514 g/mol. The number of esters is 1. The fourth-order valence-corrected chi connectivity index (χ4v) is 7.52. The molecular formula is C25H29Cl3O5. The molecule has 5 rings (SSSR count). The molecule has 5 nitrogen and oxygen atoms in total. The predicted octanol–water partition coefficient (Wildman–Crippen LogP) is 6.66. The maximum absolute atomic E-state index is 12.4. The van der Waals surface area contributed by atoms with Gasteiger partial charge in [-0.1, -0.05) is 47.3 Å². The average Bonchev–Trinajstić information content (AvgIpc) is 3.40. The Labute approximate surface area is 209 Å². The molecule has 1 heterocycles. The molecule has 0 aliphatic heterocycles. The molecule has 0 radical (unpaired) electrons. The average molecular weight is 516 g/mol. The van der Waals surface area contributed by atoms with E-state index in [-0.39, 0.29) is 23.1 Å². The van der Waals surface area contributed by atoms with E-state index in [1.54, 1.807) is 6.07 Å². The van der Waals surface area contributed by atoms with Gasteiger partial charge in [-0.05, 0) is 92.2 Å². The molecule has 0 saturated heterocycles. The third-order valence-corrected chi connectivity index (χ3v) is 9.24. The lowest BCUT2D eigenvalue weighted by atomic mass is 9.52. The SMILES string of the molecule is C[C@]12CC[C@H]3[C@H](CCC4=CC(=O)CC[C@H]43)[C@@H]1CC[C@@H]2O[C@@H](OC(=O)c1ccco1)C(Cl)(Cl)Cl. The number of ether oxygens (including phenoxy) is 2. The van der Waals surface area contributed by atoms with Gasteiger partial charge in [-0.3, -0.25) is 4.79 Å². The van der Waals surface area contributed by atoms with Crippen molar-refractivity contribution in [2.24, 2.45) is 29.1 Å². The summed E-state index contributed by atoms with van der Waals surface area (Å²) in [4.78, 5) is 24.4. The Bertz CT molecular complexity index is 936. The minimum atomic E-state index is -1.92. The van der Waals surface area contributed by atoms with Gasteiger partial charge in [0.25, 0.3) is 10.1 Å². The minimum Gasteiger partial charge on any atom is -0.457 e. The van der Waals surface area contributed by atoms with Gasteiger partial charge in [0.2, 0.25) is 5.76 Å². The number of fused-ring (bicyclic) bond motifs is 5.